The van der Waals surface area contributed by atoms with Gasteiger partial charge in [-0.3, -0.25) is 9.36 Å². The van der Waals surface area contributed by atoms with E-state index in [0.717, 1.165) is 81.0 Å². The van der Waals surface area contributed by atoms with E-state index >= 15 is 0 Å². The molecule has 2 aromatic carbocycles. The maximum absolute atomic E-state index is 11.1. The molecule has 1 atom stereocenters. The fourth-order valence-corrected chi connectivity index (χ4v) is 6.35. The predicted molar refractivity (Wildman–Crippen MR) is 181 cm³/mol. The normalized spacial score (nSPS) is 14.3. The smallest absolute Gasteiger partial charge is 0.181 e. The molecule has 0 bridgehead atoms. The molecule has 10 heteroatoms. The molecule has 1 saturated carbocycles. The first-order valence-corrected chi connectivity index (χ1v) is 16.1. The van der Waals surface area contributed by atoms with E-state index < -0.39 is 6.10 Å². The molecule has 46 heavy (non-hydrogen) atoms. The number of aliphatic hydroxyl groups excluding tert-OH is 1. The Labute approximate surface area is 269 Å². The highest BCUT2D eigenvalue weighted by molar-refractivity contribution is 5.94. The van der Waals surface area contributed by atoms with Crippen LogP contribution in [0.2, 0.25) is 0 Å². The van der Waals surface area contributed by atoms with E-state index in [2.05, 4.69) is 47.6 Å². The first-order valence-electron chi connectivity index (χ1n) is 16.1. The Hall–Kier alpha value is -4.54. The lowest BCUT2D eigenvalue weighted by atomic mass is 9.95. The van der Waals surface area contributed by atoms with Crippen LogP contribution in [0.4, 0.5) is 0 Å². The number of hydrogen-bond acceptors (Lipinski definition) is 7. The maximum Gasteiger partial charge on any atom is 0.181 e. The minimum Gasteiger partial charge on any atom is -0.492 e. The molecule has 0 amide bonds. The number of hydrogen-bond donors (Lipinski definition) is 1. The number of pyridine rings is 1. The molecule has 4 aromatic heterocycles. The van der Waals surface area contributed by atoms with E-state index in [1.165, 1.54) is 5.56 Å². The Kier molecular flexibility index (Phi) is 7.86. The highest BCUT2D eigenvalue weighted by Crippen LogP contribution is 2.44. The number of nitrogens with zero attached hydrogens (tertiary/aromatic N) is 8. The van der Waals surface area contributed by atoms with Crippen molar-refractivity contribution in [3.05, 3.63) is 83.4 Å². The van der Waals surface area contributed by atoms with Crippen LogP contribution in [0.5, 0.6) is 5.75 Å². The summed E-state index contributed by atoms with van der Waals surface area (Å²) in [6, 6.07) is 16.0. The van der Waals surface area contributed by atoms with E-state index in [1.807, 2.05) is 79.3 Å². The van der Waals surface area contributed by atoms with Gasteiger partial charge in [0.2, 0.25) is 0 Å². The van der Waals surface area contributed by atoms with Crippen molar-refractivity contribution in [2.45, 2.75) is 58.1 Å². The first kappa shape index (κ1) is 30.1. The monoisotopic (exact) mass is 618 g/mol. The predicted octanol–water partition coefficient (Wildman–Crippen LogP) is 6.15. The molecule has 0 unspecified atom stereocenters. The Bertz CT molecular complexity index is 2010. The molecule has 4 heterocycles. The average Bonchev–Trinajstić information content (AvgIpc) is 3.54. The quantitative estimate of drug-likeness (QED) is 0.186. The van der Waals surface area contributed by atoms with Crippen LogP contribution >= 0.6 is 0 Å². The van der Waals surface area contributed by atoms with Crippen LogP contribution in [0.3, 0.4) is 0 Å². The van der Waals surface area contributed by atoms with Gasteiger partial charge in [-0.15, -0.1) is 0 Å². The van der Waals surface area contributed by atoms with Crippen molar-refractivity contribution in [2.24, 2.45) is 7.05 Å². The van der Waals surface area contributed by atoms with Gasteiger partial charge in [-0.25, -0.2) is 9.67 Å². The Morgan fingerprint density at radius 1 is 1.02 bits per heavy atom. The van der Waals surface area contributed by atoms with Crippen molar-refractivity contribution >= 4 is 21.9 Å². The first-order chi connectivity index (χ1) is 22.2. The second-order valence-electron chi connectivity index (χ2n) is 13.1. The van der Waals surface area contributed by atoms with Crippen LogP contribution < -0.4 is 4.74 Å². The summed E-state index contributed by atoms with van der Waals surface area (Å²) in [5.41, 5.74) is 8.90. The van der Waals surface area contributed by atoms with E-state index in [1.54, 1.807) is 0 Å². The Morgan fingerprint density at radius 2 is 1.80 bits per heavy atom. The van der Waals surface area contributed by atoms with Crippen molar-refractivity contribution in [2.75, 3.05) is 27.2 Å². The minimum absolute atomic E-state index is 0.255. The van der Waals surface area contributed by atoms with Gasteiger partial charge in [0.05, 0.1) is 35.2 Å². The van der Waals surface area contributed by atoms with Gasteiger partial charge in [0.15, 0.2) is 5.65 Å². The van der Waals surface area contributed by atoms with Crippen molar-refractivity contribution in [1.29, 1.82) is 0 Å². The van der Waals surface area contributed by atoms with Crippen molar-refractivity contribution in [3.63, 3.8) is 0 Å². The lowest BCUT2D eigenvalue weighted by Crippen LogP contribution is -2.19. The number of likely N-dealkylation sites (N-methyl/N-ethyl adjacent to an activating group) is 1. The van der Waals surface area contributed by atoms with Gasteiger partial charge in [-0.2, -0.15) is 15.3 Å². The zero-order valence-corrected chi connectivity index (χ0v) is 27.5. The second-order valence-corrected chi connectivity index (χ2v) is 13.1. The van der Waals surface area contributed by atoms with Crippen molar-refractivity contribution < 1.29 is 9.84 Å². The van der Waals surface area contributed by atoms with Crippen molar-refractivity contribution in [1.82, 2.24) is 39.2 Å². The highest BCUT2D eigenvalue weighted by atomic mass is 16.5. The van der Waals surface area contributed by atoms with E-state index in [-0.39, 0.29) is 5.92 Å². The van der Waals surface area contributed by atoms with Gasteiger partial charge in [0, 0.05) is 59.5 Å². The van der Waals surface area contributed by atoms with Gasteiger partial charge >= 0.3 is 0 Å². The minimum atomic E-state index is -0.711. The summed E-state index contributed by atoms with van der Waals surface area (Å²) >= 11 is 0. The summed E-state index contributed by atoms with van der Waals surface area (Å²) in [5, 5.41) is 27.9. The third kappa shape index (κ3) is 5.78. The summed E-state index contributed by atoms with van der Waals surface area (Å²) in [5.74, 6) is 1.49. The van der Waals surface area contributed by atoms with Crippen LogP contribution in [-0.2, 0) is 13.6 Å². The molecular weight excluding hydrogens is 576 g/mol. The van der Waals surface area contributed by atoms with Gasteiger partial charge in [-0.05, 0) is 69.6 Å². The largest absolute Gasteiger partial charge is 0.492 e. The summed E-state index contributed by atoms with van der Waals surface area (Å²) in [4.78, 5) is 7.11. The summed E-state index contributed by atoms with van der Waals surface area (Å²) in [6.45, 7) is 8.40. The van der Waals surface area contributed by atoms with Crippen molar-refractivity contribution in [3.8, 4) is 22.7 Å². The molecule has 0 aliphatic heterocycles. The van der Waals surface area contributed by atoms with Gasteiger partial charge in [0.1, 0.15) is 12.4 Å². The van der Waals surface area contributed by atoms with E-state index in [0.29, 0.717) is 19.1 Å². The van der Waals surface area contributed by atoms with E-state index in [4.69, 9.17) is 19.9 Å². The van der Waals surface area contributed by atoms with E-state index in [9.17, 15) is 5.11 Å². The molecule has 1 aliphatic rings. The number of benzene rings is 2. The SMILES string of the molecule is Cc1c(C(C)C)c(-c2cccc3nn(C[C@H](O)c4ccc(OCCN(C)C)cc4)cc23)nn1-c1cc2cn(C)nc2nc1C1CC1. The van der Waals surface area contributed by atoms with Crippen LogP contribution in [0.1, 0.15) is 67.1 Å². The third-order valence-corrected chi connectivity index (χ3v) is 8.83. The summed E-state index contributed by atoms with van der Waals surface area (Å²) in [7, 11) is 5.98. The molecular formula is C36H42N8O2. The van der Waals surface area contributed by atoms with Crippen LogP contribution in [-0.4, -0.2) is 71.6 Å². The molecule has 1 N–H and O–H groups in total. The number of aromatic nitrogens is 7. The highest BCUT2D eigenvalue weighted by Gasteiger charge is 2.31. The van der Waals surface area contributed by atoms with Gasteiger partial charge < -0.3 is 14.7 Å². The fourth-order valence-electron chi connectivity index (χ4n) is 6.35. The number of ether oxygens (including phenoxy) is 1. The molecule has 238 valence electrons. The molecule has 0 saturated heterocycles. The molecule has 7 rings (SSSR count). The number of fused-ring (bicyclic) bond motifs is 2. The number of rotatable bonds is 11. The molecule has 0 radical (unpaired) electrons. The molecule has 0 spiro atoms. The third-order valence-electron chi connectivity index (χ3n) is 8.83. The standard InChI is InChI=1S/C36H42N8O2/c1-22(2)33-23(3)44(31-18-26-19-42(6)40-36(26)37-34(31)25-10-11-25)39-35(33)28-8-7-9-30-29(28)20-43(38-30)21-32(45)24-12-14-27(15-13-24)46-17-16-41(4)5/h7-9,12-15,18-20,22,25,32,45H,10-11,16-17,21H2,1-6H3/t32-/m0/s1. The maximum atomic E-state index is 11.1. The van der Waals surface area contributed by atoms with Crippen LogP contribution in [0.15, 0.2) is 60.9 Å². The molecule has 1 fully saturated rings. The zero-order chi connectivity index (χ0) is 32.1. The second kappa shape index (κ2) is 12.0. The topological polar surface area (TPSA) is 99.1 Å². The van der Waals surface area contributed by atoms with Gasteiger partial charge in [0.25, 0.3) is 0 Å². The fraction of sp³-hybridized carbons (Fsp3) is 0.389. The molecule has 1 aliphatic carbocycles. The number of aliphatic hydroxyl groups is 1. The lowest BCUT2D eigenvalue weighted by molar-refractivity contribution is 0.151. The average molecular weight is 619 g/mol. The Balaban J connectivity index is 1.22. The number of aryl methyl sites for hydroxylation is 1. The summed E-state index contributed by atoms with van der Waals surface area (Å²) < 4.78 is 11.6. The zero-order valence-electron chi connectivity index (χ0n) is 27.5. The Morgan fingerprint density at radius 3 is 2.52 bits per heavy atom. The van der Waals surface area contributed by atoms with Crippen LogP contribution in [0, 0.1) is 6.92 Å². The molecule has 10 nitrogen and oxygen atoms in total. The lowest BCUT2D eigenvalue weighted by Gasteiger charge is -2.13. The molecule has 6 aromatic rings. The van der Waals surface area contributed by atoms with Crippen LogP contribution in [0.25, 0.3) is 38.9 Å². The summed E-state index contributed by atoms with van der Waals surface area (Å²) in [6.07, 6.45) is 5.62. The van der Waals surface area contributed by atoms with Gasteiger partial charge in [-0.1, -0.05) is 38.1 Å².